The number of nitriles is 1. The summed E-state index contributed by atoms with van der Waals surface area (Å²) in [5.41, 5.74) is 6.99. The topological polar surface area (TPSA) is 123 Å². The number of nitrogen functional groups attached to an aromatic ring is 1. The third-order valence-corrected chi connectivity index (χ3v) is 7.22. The minimum absolute atomic E-state index is 0.0249. The number of hydrogen-bond donors (Lipinski definition) is 1. The van der Waals surface area contributed by atoms with Gasteiger partial charge in [0, 0.05) is 36.4 Å². The van der Waals surface area contributed by atoms with Gasteiger partial charge in [0.25, 0.3) is 5.91 Å². The second-order valence-corrected chi connectivity index (χ2v) is 10.2. The van der Waals surface area contributed by atoms with Crippen LogP contribution in [0.15, 0.2) is 54.4 Å². The van der Waals surface area contributed by atoms with Crippen LogP contribution >= 0.6 is 0 Å². The van der Waals surface area contributed by atoms with Crippen molar-refractivity contribution in [3.63, 3.8) is 0 Å². The highest BCUT2D eigenvalue weighted by molar-refractivity contribution is 5.99. The summed E-state index contributed by atoms with van der Waals surface area (Å²) >= 11 is 0. The van der Waals surface area contributed by atoms with Crippen LogP contribution in [0.1, 0.15) is 25.7 Å². The fourth-order valence-corrected chi connectivity index (χ4v) is 5.12. The lowest BCUT2D eigenvalue weighted by Gasteiger charge is -2.24. The van der Waals surface area contributed by atoms with Gasteiger partial charge in [0.05, 0.1) is 18.0 Å². The van der Waals surface area contributed by atoms with Gasteiger partial charge >= 0.3 is 0 Å². The lowest BCUT2D eigenvalue weighted by molar-refractivity contribution is -0.127. The number of nitrogens with two attached hydrogens (primary N) is 1. The Morgan fingerprint density at radius 2 is 1.88 bits per heavy atom. The number of likely N-dealkylation sites (tertiary alicyclic amines) is 1. The summed E-state index contributed by atoms with van der Waals surface area (Å²) in [7, 11) is 0. The van der Waals surface area contributed by atoms with Gasteiger partial charge < -0.3 is 15.4 Å². The number of nitrogens with zero attached hydrogens (tertiary/aromatic N) is 6. The molecule has 0 bridgehead atoms. The SMILES string of the molecule is N#CC(=CC1CC1)C(=O)N1CCC[C@@H]1Cn1nc(-c2ccc(Oc3cc(F)cc(F)c3)cc2F)c2c(N)ncnc21. The van der Waals surface area contributed by atoms with E-state index in [9.17, 15) is 18.8 Å². The molecule has 1 saturated heterocycles. The zero-order chi connectivity index (χ0) is 28.7. The van der Waals surface area contributed by atoms with Crippen molar-refractivity contribution in [1.82, 2.24) is 24.6 Å². The molecule has 1 aliphatic heterocycles. The van der Waals surface area contributed by atoms with Crippen molar-refractivity contribution in [3.05, 3.63) is 71.8 Å². The minimum Gasteiger partial charge on any atom is -0.457 e. The van der Waals surface area contributed by atoms with E-state index >= 15 is 4.39 Å². The number of halogens is 3. The Hall–Kier alpha value is -4.92. The second-order valence-electron chi connectivity index (χ2n) is 10.2. The van der Waals surface area contributed by atoms with Crippen molar-refractivity contribution in [1.29, 1.82) is 5.26 Å². The number of aromatic nitrogens is 4. The Balaban J connectivity index is 1.31. The van der Waals surface area contributed by atoms with Gasteiger partial charge in [-0.2, -0.15) is 10.4 Å². The molecule has 2 aromatic heterocycles. The van der Waals surface area contributed by atoms with Gasteiger partial charge in [0.15, 0.2) is 5.65 Å². The Bertz CT molecular complexity index is 1720. The van der Waals surface area contributed by atoms with Gasteiger partial charge in [-0.05, 0) is 43.7 Å². The number of benzene rings is 2. The zero-order valence-corrected chi connectivity index (χ0v) is 21.7. The largest absolute Gasteiger partial charge is 0.457 e. The smallest absolute Gasteiger partial charge is 0.264 e. The summed E-state index contributed by atoms with van der Waals surface area (Å²) in [5, 5.41) is 14.5. The predicted octanol–water partition coefficient (Wildman–Crippen LogP) is 5.14. The number of ether oxygens (including phenoxy) is 1. The van der Waals surface area contributed by atoms with Crippen LogP contribution in [0.3, 0.4) is 0 Å². The maximum absolute atomic E-state index is 15.4. The molecule has 2 aliphatic rings. The van der Waals surface area contributed by atoms with Crippen molar-refractivity contribution >= 4 is 22.8 Å². The predicted molar refractivity (Wildman–Crippen MR) is 143 cm³/mol. The van der Waals surface area contributed by atoms with Gasteiger partial charge in [0.2, 0.25) is 0 Å². The van der Waals surface area contributed by atoms with Crippen molar-refractivity contribution in [2.24, 2.45) is 5.92 Å². The number of rotatable bonds is 7. The van der Waals surface area contributed by atoms with Crippen LogP contribution in [0.5, 0.6) is 11.5 Å². The monoisotopic (exact) mass is 559 g/mol. The molecule has 1 aliphatic carbocycles. The molecule has 3 heterocycles. The van der Waals surface area contributed by atoms with Crippen LogP contribution in [0.4, 0.5) is 19.0 Å². The van der Waals surface area contributed by atoms with E-state index in [1.807, 2.05) is 6.07 Å². The number of carbonyl (C=O) groups excluding carboxylic acids is 1. The fraction of sp³-hybridized carbons (Fsp3) is 0.276. The zero-order valence-electron chi connectivity index (χ0n) is 21.7. The standard InChI is InChI=1S/C29H24F3N7O2/c30-18-9-19(31)11-22(10-18)41-21-5-6-23(24(32)12-21)26-25-27(34)35-15-36-28(25)39(37-26)14-20-2-1-7-38(20)29(40)17(13-33)8-16-3-4-16/h5-6,8-12,15-16,20H,1-4,7,14H2,(H2,34,35,36)/t20-/m1/s1. The van der Waals surface area contributed by atoms with E-state index in [1.165, 1.54) is 18.5 Å². The number of carbonyl (C=O) groups is 1. The quantitative estimate of drug-likeness (QED) is 0.246. The first-order valence-corrected chi connectivity index (χ1v) is 13.1. The molecule has 0 radical (unpaired) electrons. The van der Waals surface area contributed by atoms with Crippen LogP contribution in [0.2, 0.25) is 0 Å². The maximum Gasteiger partial charge on any atom is 0.264 e. The van der Waals surface area contributed by atoms with E-state index in [4.69, 9.17) is 10.5 Å². The molecule has 1 atom stereocenters. The van der Waals surface area contributed by atoms with Crippen LogP contribution in [0, 0.1) is 34.7 Å². The van der Waals surface area contributed by atoms with Crippen LogP contribution in [-0.4, -0.2) is 43.1 Å². The van der Waals surface area contributed by atoms with Crippen molar-refractivity contribution in [2.75, 3.05) is 12.3 Å². The Kier molecular flexibility index (Phi) is 6.78. The average molecular weight is 560 g/mol. The van der Waals surface area contributed by atoms with Gasteiger partial charge in [-0.1, -0.05) is 6.08 Å². The summed E-state index contributed by atoms with van der Waals surface area (Å²) in [6, 6.07) is 8.42. The summed E-state index contributed by atoms with van der Waals surface area (Å²) in [4.78, 5) is 23.3. The molecule has 0 unspecified atom stereocenters. The Morgan fingerprint density at radius 1 is 1.10 bits per heavy atom. The molecule has 1 saturated carbocycles. The third kappa shape index (κ3) is 5.30. The van der Waals surface area contributed by atoms with E-state index in [0.29, 0.717) is 30.1 Å². The fourth-order valence-electron chi connectivity index (χ4n) is 5.12. The molecular weight excluding hydrogens is 535 g/mol. The van der Waals surface area contributed by atoms with Crippen LogP contribution < -0.4 is 10.5 Å². The van der Waals surface area contributed by atoms with Gasteiger partial charge in [-0.15, -0.1) is 0 Å². The molecule has 4 aromatic rings. The highest BCUT2D eigenvalue weighted by Gasteiger charge is 2.33. The molecule has 2 aromatic carbocycles. The van der Waals surface area contributed by atoms with Crippen molar-refractivity contribution < 1.29 is 22.7 Å². The molecule has 6 rings (SSSR count). The van der Waals surface area contributed by atoms with Crippen LogP contribution in [0.25, 0.3) is 22.3 Å². The van der Waals surface area contributed by atoms with Gasteiger partial charge in [-0.3, -0.25) is 4.79 Å². The maximum atomic E-state index is 15.4. The normalized spacial score (nSPS) is 17.2. The van der Waals surface area contributed by atoms with E-state index in [2.05, 4.69) is 15.1 Å². The molecule has 12 heteroatoms. The van der Waals surface area contributed by atoms with Gasteiger partial charge in [-0.25, -0.2) is 27.8 Å². The summed E-state index contributed by atoms with van der Waals surface area (Å²) in [6.45, 7) is 0.774. The lowest BCUT2D eigenvalue weighted by Crippen LogP contribution is -2.39. The molecular formula is C29H24F3N7O2. The highest BCUT2D eigenvalue weighted by atomic mass is 19.1. The van der Waals surface area contributed by atoms with E-state index in [-0.39, 0.29) is 58.6 Å². The first-order valence-electron chi connectivity index (χ1n) is 13.1. The summed E-state index contributed by atoms with van der Waals surface area (Å²) in [5.74, 6) is -2.37. The molecule has 0 spiro atoms. The first kappa shape index (κ1) is 26.3. The van der Waals surface area contributed by atoms with E-state index in [1.54, 1.807) is 15.7 Å². The lowest BCUT2D eigenvalue weighted by atomic mass is 10.1. The first-order chi connectivity index (χ1) is 19.8. The second kappa shape index (κ2) is 10.6. The van der Waals surface area contributed by atoms with E-state index < -0.39 is 17.5 Å². The molecule has 208 valence electrons. The van der Waals surface area contributed by atoms with Crippen LogP contribution in [-0.2, 0) is 11.3 Å². The average Bonchev–Trinajstić information content (AvgIpc) is 3.51. The molecule has 9 nitrogen and oxygen atoms in total. The van der Waals surface area contributed by atoms with Crippen molar-refractivity contribution in [3.8, 4) is 28.8 Å². The number of anilines is 1. The Labute approximate surface area is 232 Å². The molecule has 1 amide bonds. The summed E-state index contributed by atoms with van der Waals surface area (Å²) < 4.78 is 49.5. The number of allylic oxidation sites excluding steroid dienone is 1. The van der Waals surface area contributed by atoms with E-state index in [0.717, 1.165) is 37.5 Å². The Morgan fingerprint density at radius 3 is 2.59 bits per heavy atom. The molecule has 41 heavy (non-hydrogen) atoms. The summed E-state index contributed by atoms with van der Waals surface area (Å²) in [6.07, 6.45) is 6.48. The molecule has 2 N–H and O–H groups in total. The number of hydrogen-bond acceptors (Lipinski definition) is 7. The number of fused-ring (bicyclic) bond motifs is 1. The molecule has 2 fully saturated rings. The minimum atomic E-state index is -0.824. The highest BCUT2D eigenvalue weighted by Crippen LogP contribution is 2.35. The number of amides is 1. The van der Waals surface area contributed by atoms with Gasteiger partial charge in [0.1, 0.15) is 58.4 Å². The third-order valence-electron chi connectivity index (χ3n) is 7.22. The van der Waals surface area contributed by atoms with Crippen molar-refractivity contribution in [2.45, 2.75) is 38.3 Å².